The molecule has 0 unspecified atom stereocenters. The van der Waals surface area contributed by atoms with Crippen molar-refractivity contribution < 1.29 is 22.7 Å². The average Bonchev–Trinajstić information content (AvgIpc) is 2.94. The van der Waals surface area contributed by atoms with Gasteiger partial charge in [-0.05, 0) is 76.7 Å². The molecule has 4 aromatic rings. The molecule has 0 aromatic heterocycles. The number of carbonyl (C=O) groups is 1. The minimum absolute atomic E-state index is 0.245. The first-order valence-corrected chi connectivity index (χ1v) is 15.0. The quantitative estimate of drug-likeness (QED) is 0.297. The van der Waals surface area contributed by atoms with Gasteiger partial charge < -0.3 is 14.8 Å². The summed E-state index contributed by atoms with van der Waals surface area (Å²) in [6.07, 6.45) is 2.91. The Hall–Kier alpha value is -4.08. The third-order valence-electron chi connectivity index (χ3n) is 7.15. The summed E-state index contributed by atoms with van der Waals surface area (Å²) in [4.78, 5) is 15.6. The van der Waals surface area contributed by atoms with Crippen LogP contribution in [0, 0.1) is 0 Å². The Morgan fingerprint density at radius 1 is 0.900 bits per heavy atom. The summed E-state index contributed by atoms with van der Waals surface area (Å²) in [7, 11) is -0.249. The zero-order valence-electron chi connectivity index (χ0n) is 22.9. The van der Waals surface area contributed by atoms with Crippen molar-refractivity contribution >= 4 is 38.1 Å². The van der Waals surface area contributed by atoms with E-state index in [0.29, 0.717) is 5.69 Å². The fourth-order valence-corrected chi connectivity index (χ4v) is 5.65. The van der Waals surface area contributed by atoms with Crippen molar-refractivity contribution in [2.24, 2.45) is 0 Å². The van der Waals surface area contributed by atoms with E-state index in [1.807, 2.05) is 48.5 Å². The smallest absolute Gasteiger partial charge is 0.257 e. The zero-order chi connectivity index (χ0) is 28.3. The second-order valence-electron chi connectivity index (χ2n) is 10.0. The number of benzene rings is 4. The lowest BCUT2D eigenvalue weighted by atomic mass is 9.98. The van der Waals surface area contributed by atoms with Crippen molar-refractivity contribution in [3.8, 4) is 11.5 Å². The number of nitrogens with one attached hydrogen (secondary N) is 2. The summed E-state index contributed by atoms with van der Waals surface area (Å²) in [5.41, 5.74) is 4.87. The van der Waals surface area contributed by atoms with Crippen LogP contribution in [0.4, 0.5) is 11.4 Å². The van der Waals surface area contributed by atoms with Crippen LogP contribution in [0.25, 0.3) is 10.8 Å². The fraction of sp³-hybridized carbons (Fsp3) is 0.258. The number of rotatable bonds is 9. The number of sulfonamides is 1. The molecule has 0 bridgehead atoms. The summed E-state index contributed by atoms with van der Waals surface area (Å²) in [5.74, 6) is 1.14. The molecule has 0 atom stereocenters. The van der Waals surface area contributed by atoms with E-state index in [1.165, 1.54) is 16.7 Å². The molecule has 2 N–H and O–H groups in total. The molecule has 208 valence electrons. The molecule has 4 aromatic carbocycles. The van der Waals surface area contributed by atoms with Crippen LogP contribution in [-0.2, 0) is 29.4 Å². The highest BCUT2D eigenvalue weighted by molar-refractivity contribution is 7.92. The maximum atomic E-state index is 13.2. The first-order valence-electron chi connectivity index (χ1n) is 13.1. The highest BCUT2D eigenvalue weighted by Gasteiger charge is 2.20. The maximum absolute atomic E-state index is 13.2. The SMILES string of the molecule is COc1cc2c(cc1OC)CN(CCc1ccc(NC(=O)c3cc4ccccc4cc3NS(C)(=O)=O)cc1)CC2. The minimum Gasteiger partial charge on any atom is -0.493 e. The van der Waals surface area contributed by atoms with E-state index in [-0.39, 0.29) is 17.2 Å². The van der Waals surface area contributed by atoms with E-state index in [0.717, 1.165) is 61.0 Å². The van der Waals surface area contributed by atoms with Gasteiger partial charge in [0.1, 0.15) is 0 Å². The van der Waals surface area contributed by atoms with Crippen LogP contribution >= 0.6 is 0 Å². The van der Waals surface area contributed by atoms with Crippen LogP contribution in [0.2, 0.25) is 0 Å². The Morgan fingerprint density at radius 3 is 2.20 bits per heavy atom. The second kappa shape index (κ2) is 11.6. The molecule has 1 aliphatic heterocycles. The van der Waals surface area contributed by atoms with E-state index in [9.17, 15) is 13.2 Å². The molecular weight excluding hydrogens is 526 g/mol. The molecule has 0 radical (unpaired) electrons. The van der Waals surface area contributed by atoms with Gasteiger partial charge in [0.05, 0.1) is 31.7 Å². The molecule has 1 heterocycles. The van der Waals surface area contributed by atoms with E-state index in [4.69, 9.17) is 9.47 Å². The van der Waals surface area contributed by atoms with Crippen LogP contribution in [0.15, 0.2) is 72.8 Å². The zero-order valence-corrected chi connectivity index (χ0v) is 23.7. The molecule has 5 rings (SSSR count). The molecule has 1 aliphatic rings. The molecule has 0 saturated heterocycles. The topological polar surface area (TPSA) is 97.0 Å². The predicted octanol–water partition coefficient (Wildman–Crippen LogP) is 5.08. The number of fused-ring (bicyclic) bond motifs is 2. The van der Waals surface area contributed by atoms with Crippen molar-refractivity contribution in [3.05, 3.63) is 95.1 Å². The summed E-state index contributed by atoms with van der Waals surface area (Å²) >= 11 is 0. The van der Waals surface area contributed by atoms with E-state index in [1.54, 1.807) is 26.4 Å². The Labute approximate surface area is 235 Å². The van der Waals surface area contributed by atoms with Crippen molar-refractivity contribution in [2.45, 2.75) is 19.4 Å². The lowest BCUT2D eigenvalue weighted by Gasteiger charge is -2.29. The van der Waals surface area contributed by atoms with Crippen LogP contribution < -0.4 is 19.5 Å². The van der Waals surface area contributed by atoms with Crippen molar-refractivity contribution in [2.75, 3.05) is 43.6 Å². The van der Waals surface area contributed by atoms with E-state index >= 15 is 0 Å². The highest BCUT2D eigenvalue weighted by Crippen LogP contribution is 2.33. The van der Waals surface area contributed by atoms with E-state index in [2.05, 4.69) is 27.1 Å². The molecule has 9 heteroatoms. The Bertz CT molecular complexity index is 1650. The molecule has 1 amide bonds. The Morgan fingerprint density at radius 2 is 1.55 bits per heavy atom. The van der Waals surface area contributed by atoms with Gasteiger partial charge in [-0.2, -0.15) is 0 Å². The van der Waals surface area contributed by atoms with Crippen molar-refractivity contribution in [1.82, 2.24) is 4.90 Å². The Kier molecular flexibility index (Phi) is 7.95. The molecule has 0 saturated carbocycles. The Balaban J connectivity index is 1.23. The third-order valence-corrected chi connectivity index (χ3v) is 7.74. The predicted molar refractivity (Wildman–Crippen MR) is 159 cm³/mol. The summed E-state index contributed by atoms with van der Waals surface area (Å²) in [6.45, 7) is 2.75. The fourth-order valence-electron chi connectivity index (χ4n) is 5.09. The van der Waals surface area contributed by atoms with Crippen LogP contribution in [0.3, 0.4) is 0 Å². The molecule has 0 spiro atoms. The number of methoxy groups -OCH3 is 2. The normalized spacial score (nSPS) is 13.5. The largest absolute Gasteiger partial charge is 0.493 e. The van der Waals surface area contributed by atoms with E-state index < -0.39 is 10.0 Å². The van der Waals surface area contributed by atoms with Crippen molar-refractivity contribution in [3.63, 3.8) is 0 Å². The first kappa shape index (κ1) is 27.5. The van der Waals surface area contributed by atoms with Crippen molar-refractivity contribution in [1.29, 1.82) is 0 Å². The van der Waals surface area contributed by atoms with Gasteiger partial charge in [-0.25, -0.2) is 8.42 Å². The first-order chi connectivity index (χ1) is 19.2. The van der Waals surface area contributed by atoms with Gasteiger partial charge in [-0.1, -0.05) is 36.4 Å². The van der Waals surface area contributed by atoms with Crippen LogP contribution in [-0.4, -0.2) is 52.8 Å². The van der Waals surface area contributed by atoms with Gasteiger partial charge in [-0.3, -0.25) is 14.4 Å². The van der Waals surface area contributed by atoms with Crippen LogP contribution in [0.1, 0.15) is 27.0 Å². The molecule has 0 aliphatic carbocycles. The third kappa shape index (κ3) is 6.38. The summed E-state index contributed by atoms with van der Waals surface area (Å²) < 4.78 is 37.3. The molecule has 8 nitrogen and oxygen atoms in total. The lowest BCUT2D eigenvalue weighted by Crippen LogP contribution is -2.32. The monoisotopic (exact) mass is 559 g/mol. The highest BCUT2D eigenvalue weighted by atomic mass is 32.2. The van der Waals surface area contributed by atoms with Gasteiger partial charge >= 0.3 is 0 Å². The number of hydrogen-bond acceptors (Lipinski definition) is 6. The lowest BCUT2D eigenvalue weighted by molar-refractivity contribution is 0.102. The van der Waals surface area contributed by atoms with Gasteiger partial charge in [0.2, 0.25) is 10.0 Å². The second-order valence-corrected chi connectivity index (χ2v) is 11.8. The number of nitrogens with zero attached hydrogens (tertiary/aromatic N) is 1. The summed E-state index contributed by atoms with van der Waals surface area (Å²) in [5, 5.41) is 4.59. The van der Waals surface area contributed by atoms with Crippen LogP contribution in [0.5, 0.6) is 11.5 Å². The molecule has 40 heavy (non-hydrogen) atoms. The molecular formula is C31H33N3O5S. The standard InChI is InChI=1S/C31H33N3O5S/c1-38-29-18-24-13-15-34(20-25(24)19-30(29)39-2)14-12-21-8-10-26(11-9-21)32-31(35)27-16-22-6-4-5-7-23(22)17-28(27)33-40(3,36)37/h4-11,16-19,33H,12-15,20H2,1-3H3,(H,32,35). The number of hydrogen-bond donors (Lipinski definition) is 2. The number of ether oxygens (including phenoxy) is 2. The number of carbonyl (C=O) groups excluding carboxylic acids is 1. The minimum atomic E-state index is -3.57. The van der Waals surface area contributed by atoms with Gasteiger partial charge in [0.25, 0.3) is 5.91 Å². The van der Waals surface area contributed by atoms with Gasteiger partial charge in [0, 0.05) is 25.3 Å². The number of anilines is 2. The molecule has 0 fully saturated rings. The summed E-state index contributed by atoms with van der Waals surface area (Å²) in [6, 6.07) is 22.8. The average molecular weight is 560 g/mol. The number of amides is 1. The van der Waals surface area contributed by atoms with Gasteiger partial charge in [0.15, 0.2) is 11.5 Å². The maximum Gasteiger partial charge on any atom is 0.257 e. The van der Waals surface area contributed by atoms with Gasteiger partial charge in [-0.15, -0.1) is 0 Å².